The highest BCUT2D eigenvalue weighted by atomic mass is 79.9. The largest absolute Gasteiger partial charge is 0.317 e. The van der Waals surface area contributed by atoms with Gasteiger partial charge in [-0.1, -0.05) is 17.7 Å². The quantitative estimate of drug-likeness (QED) is 0.891. The lowest BCUT2D eigenvalue weighted by Gasteiger charge is -2.31. The second kappa shape index (κ2) is 7.71. The first-order valence-electron chi connectivity index (χ1n) is 6.02. The molecule has 1 aliphatic rings. The van der Waals surface area contributed by atoms with Crippen LogP contribution in [0.15, 0.2) is 22.7 Å². The van der Waals surface area contributed by atoms with Crippen LogP contribution in [0.3, 0.4) is 0 Å². The molecule has 0 aliphatic carbocycles. The second-order valence-corrected chi connectivity index (χ2v) is 5.85. The van der Waals surface area contributed by atoms with E-state index in [2.05, 4.69) is 45.3 Å². The summed E-state index contributed by atoms with van der Waals surface area (Å²) in [6.07, 6.45) is 2.47. The van der Waals surface area contributed by atoms with Crippen molar-refractivity contribution in [2.24, 2.45) is 0 Å². The Morgan fingerprint density at radius 2 is 2.06 bits per heavy atom. The molecule has 0 radical (unpaired) electrons. The molecular formula is C13H19BrCl2N2. The number of hydrogen-bond acceptors (Lipinski definition) is 2. The van der Waals surface area contributed by atoms with Crippen molar-refractivity contribution in [3.05, 3.63) is 33.3 Å². The van der Waals surface area contributed by atoms with Crippen LogP contribution in [0.4, 0.5) is 0 Å². The van der Waals surface area contributed by atoms with Gasteiger partial charge in [-0.15, -0.1) is 12.4 Å². The Bertz CT molecular complexity index is 379. The summed E-state index contributed by atoms with van der Waals surface area (Å²) in [5.74, 6) is 0. The van der Waals surface area contributed by atoms with Crippen molar-refractivity contribution < 1.29 is 0 Å². The van der Waals surface area contributed by atoms with E-state index in [0.29, 0.717) is 6.04 Å². The van der Waals surface area contributed by atoms with Crippen LogP contribution >= 0.6 is 39.9 Å². The minimum absolute atomic E-state index is 0. The highest BCUT2D eigenvalue weighted by Crippen LogP contribution is 2.24. The molecule has 0 saturated carbocycles. The maximum atomic E-state index is 6.10. The molecule has 18 heavy (non-hydrogen) atoms. The predicted octanol–water partition coefficient (Wildman–Crippen LogP) is 3.71. The van der Waals surface area contributed by atoms with E-state index in [1.54, 1.807) is 0 Å². The molecule has 0 atom stereocenters. The van der Waals surface area contributed by atoms with E-state index < -0.39 is 0 Å². The average Bonchev–Trinajstić information content (AvgIpc) is 2.35. The van der Waals surface area contributed by atoms with E-state index in [0.717, 1.165) is 16.0 Å². The first kappa shape index (κ1) is 16.3. The van der Waals surface area contributed by atoms with Crippen LogP contribution in [0.2, 0.25) is 5.02 Å². The predicted molar refractivity (Wildman–Crippen MR) is 83.8 cm³/mol. The van der Waals surface area contributed by atoms with Gasteiger partial charge in [-0.25, -0.2) is 0 Å². The molecule has 0 amide bonds. The topological polar surface area (TPSA) is 15.3 Å². The molecule has 0 aromatic heterocycles. The van der Waals surface area contributed by atoms with Crippen LogP contribution in [0.1, 0.15) is 18.4 Å². The molecule has 1 aliphatic heterocycles. The number of nitrogens with zero attached hydrogens (tertiary/aromatic N) is 1. The Balaban J connectivity index is 0.00000162. The molecule has 1 aromatic rings. The van der Waals surface area contributed by atoms with Crippen LogP contribution in [-0.2, 0) is 6.54 Å². The Labute approximate surface area is 129 Å². The molecule has 0 unspecified atom stereocenters. The molecule has 1 N–H and O–H groups in total. The fourth-order valence-corrected chi connectivity index (χ4v) is 2.73. The Morgan fingerprint density at radius 1 is 1.39 bits per heavy atom. The molecule has 2 nitrogen and oxygen atoms in total. The highest BCUT2D eigenvalue weighted by molar-refractivity contribution is 9.10. The SMILES string of the molecule is CNC1CCN(Cc2ccc(Br)c(Cl)c2)CC1.Cl. The molecule has 102 valence electrons. The standard InChI is InChI=1S/C13H18BrClN2.ClH/c1-16-11-4-6-17(7-5-11)9-10-2-3-12(14)13(15)8-10;/h2-3,8,11,16H,4-7,9H2,1H3;1H. The third kappa shape index (κ3) is 4.39. The third-order valence-electron chi connectivity index (χ3n) is 3.39. The van der Waals surface area contributed by atoms with Crippen molar-refractivity contribution in [2.75, 3.05) is 20.1 Å². The Kier molecular flexibility index (Phi) is 6.96. The summed E-state index contributed by atoms with van der Waals surface area (Å²) >= 11 is 9.52. The van der Waals surface area contributed by atoms with Gasteiger partial charge in [0.25, 0.3) is 0 Å². The lowest BCUT2D eigenvalue weighted by Crippen LogP contribution is -2.40. The minimum atomic E-state index is 0. The molecule has 1 saturated heterocycles. The van der Waals surface area contributed by atoms with Gasteiger partial charge in [-0.2, -0.15) is 0 Å². The summed E-state index contributed by atoms with van der Waals surface area (Å²) in [6, 6.07) is 6.91. The van der Waals surface area contributed by atoms with Crippen LogP contribution < -0.4 is 5.32 Å². The van der Waals surface area contributed by atoms with Crippen molar-refractivity contribution in [2.45, 2.75) is 25.4 Å². The number of halogens is 3. The van der Waals surface area contributed by atoms with Gasteiger partial charge in [-0.05, 0) is 66.6 Å². The first-order chi connectivity index (χ1) is 8.19. The molecule has 1 heterocycles. The number of hydrogen-bond donors (Lipinski definition) is 1. The molecule has 5 heteroatoms. The van der Waals surface area contributed by atoms with Crippen molar-refractivity contribution >= 4 is 39.9 Å². The number of likely N-dealkylation sites (tertiary alicyclic amines) is 1. The minimum Gasteiger partial charge on any atom is -0.317 e. The summed E-state index contributed by atoms with van der Waals surface area (Å²) in [7, 11) is 2.05. The zero-order valence-corrected chi connectivity index (χ0v) is 13.6. The zero-order chi connectivity index (χ0) is 12.3. The molecule has 1 fully saturated rings. The summed E-state index contributed by atoms with van der Waals surface area (Å²) in [4.78, 5) is 2.49. The number of piperidine rings is 1. The maximum Gasteiger partial charge on any atom is 0.0551 e. The summed E-state index contributed by atoms with van der Waals surface area (Å²) < 4.78 is 0.969. The first-order valence-corrected chi connectivity index (χ1v) is 7.19. The number of rotatable bonds is 3. The van der Waals surface area contributed by atoms with Gasteiger partial charge in [0.15, 0.2) is 0 Å². The van der Waals surface area contributed by atoms with E-state index in [1.165, 1.54) is 31.5 Å². The fraction of sp³-hybridized carbons (Fsp3) is 0.538. The molecule has 0 bridgehead atoms. The van der Waals surface area contributed by atoms with Gasteiger partial charge in [0.2, 0.25) is 0 Å². The van der Waals surface area contributed by atoms with Crippen molar-refractivity contribution in [1.29, 1.82) is 0 Å². The maximum absolute atomic E-state index is 6.10. The van der Waals surface area contributed by atoms with Crippen molar-refractivity contribution in [3.63, 3.8) is 0 Å². The van der Waals surface area contributed by atoms with Gasteiger partial charge in [-0.3, -0.25) is 4.90 Å². The second-order valence-electron chi connectivity index (χ2n) is 4.59. The van der Waals surface area contributed by atoms with Crippen LogP contribution in [0.25, 0.3) is 0 Å². The van der Waals surface area contributed by atoms with Gasteiger partial charge in [0.1, 0.15) is 0 Å². The lowest BCUT2D eigenvalue weighted by molar-refractivity contribution is 0.194. The highest BCUT2D eigenvalue weighted by Gasteiger charge is 2.17. The normalized spacial score (nSPS) is 17.5. The monoisotopic (exact) mass is 352 g/mol. The van der Waals surface area contributed by atoms with Gasteiger partial charge in [0, 0.05) is 17.1 Å². The molecular weight excluding hydrogens is 335 g/mol. The van der Waals surface area contributed by atoms with E-state index >= 15 is 0 Å². The lowest BCUT2D eigenvalue weighted by atomic mass is 10.0. The van der Waals surface area contributed by atoms with Crippen LogP contribution in [0.5, 0.6) is 0 Å². The smallest absolute Gasteiger partial charge is 0.0551 e. The van der Waals surface area contributed by atoms with Gasteiger partial charge < -0.3 is 5.32 Å². The Morgan fingerprint density at radius 3 is 2.61 bits per heavy atom. The van der Waals surface area contributed by atoms with E-state index in [1.807, 2.05) is 6.07 Å². The van der Waals surface area contributed by atoms with Crippen molar-refractivity contribution in [3.8, 4) is 0 Å². The van der Waals surface area contributed by atoms with E-state index in [-0.39, 0.29) is 12.4 Å². The van der Waals surface area contributed by atoms with E-state index in [4.69, 9.17) is 11.6 Å². The summed E-state index contributed by atoms with van der Waals surface area (Å²) in [6.45, 7) is 3.34. The number of nitrogens with one attached hydrogen (secondary N) is 1. The van der Waals surface area contributed by atoms with Gasteiger partial charge in [0.05, 0.1) is 5.02 Å². The fourth-order valence-electron chi connectivity index (χ4n) is 2.28. The number of benzene rings is 1. The van der Waals surface area contributed by atoms with Crippen LogP contribution in [0, 0.1) is 0 Å². The van der Waals surface area contributed by atoms with Crippen molar-refractivity contribution in [1.82, 2.24) is 10.2 Å². The summed E-state index contributed by atoms with van der Waals surface area (Å²) in [5.41, 5.74) is 1.29. The average molecular weight is 354 g/mol. The van der Waals surface area contributed by atoms with Crippen LogP contribution in [-0.4, -0.2) is 31.1 Å². The van der Waals surface area contributed by atoms with E-state index in [9.17, 15) is 0 Å². The summed E-state index contributed by atoms with van der Waals surface area (Å²) in [5, 5.41) is 4.15. The van der Waals surface area contributed by atoms with Gasteiger partial charge >= 0.3 is 0 Å². The molecule has 1 aromatic carbocycles. The Hall–Kier alpha value is 0.200. The third-order valence-corrected chi connectivity index (χ3v) is 4.62. The molecule has 0 spiro atoms. The zero-order valence-electron chi connectivity index (χ0n) is 10.5. The molecule has 2 rings (SSSR count).